The summed E-state index contributed by atoms with van der Waals surface area (Å²) in [4.78, 5) is 40.0. The number of allylic oxidation sites excluding steroid dienone is 1. The Balaban J connectivity index is 0.000000208. The van der Waals surface area contributed by atoms with Crippen molar-refractivity contribution in [2.24, 2.45) is 0 Å². The van der Waals surface area contributed by atoms with E-state index >= 15 is 0 Å². The fourth-order valence-corrected chi connectivity index (χ4v) is 12.3. The highest BCUT2D eigenvalue weighted by Gasteiger charge is 2.65. The molecule has 4 aromatic rings. The average molecular weight is 1090 g/mol. The molecule has 0 aliphatic carbocycles. The van der Waals surface area contributed by atoms with Crippen LogP contribution in [0.15, 0.2) is 91.2 Å². The Morgan fingerprint density at radius 2 is 0.949 bits per heavy atom. The van der Waals surface area contributed by atoms with Gasteiger partial charge in [-0.1, -0.05) is 12.7 Å². The highest BCUT2D eigenvalue weighted by atomic mass is 16.5. The molecule has 1 atom stereocenters. The maximum Gasteiger partial charge on any atom is 0.325 e. The van der Waals surface area contributed by atoms with Gasteiger partial charge in [0.15, 0.2) is 5.72 Å². The third kappa shape index (κ3) is 11.7. The van der Waals surface area contributed by atoms with Crippen LogP contribution in [-0.4, -0.2) is 187 Å². The number of nitrogens with zero attached hydrogens (tertiary/aromatic N) is 6. The number of likely N-dealkylation sites (tertiary alicyclic amines) is 2. The Hall–Kier alpha value is -6.90. The van der Waals surface area contributed by atoms with Gasteiger partial charge < -0.3 is 62.3 Å². The van der Waals surface area contributed by atoms with Gasteiger partial charge in [0.05, 0.1) is 94.3 Å². The van der Waals surface area contributed by atoms with Gasteiger partial charge in [0.2, 0.25) is 0 Å². The molecule has 5 heterocycles. The second-order valence-electron chi connectivity index (χ2n) is 20.5. The number of hydrogen-bond donors (Lipinski definition) is 1. The molecule has 0 aromatic heterocycles. The van der Waals surface area contributed by atoms with Crippen molar-refractivity contribution in [2.75, 3.05) is 124 Å². The first-order valence-corrected chi connectivity index (χ1v) is 26.8. The summed E-state index contributed by atoms with van der Waals surface area (Å²) in [6, 6.07) is 21.0. The van der Waals surface area contributed by atoms with Crippen molar-refractivity contribution in [1.29, 1.82) is 0 Å². The number of aliphatic hydroxyl groups is 1. The second-order valence-corrected chi connectivity index (χ2v) is 20.5. The molecular weight excluding hydrogens is 1010 g/mol. The normalized spacial score (nSPS) is 19.5. The predicted octanol–water partition coefficient (Wildman–Crippen LogP) is 7.59. The highest BCUT2D eigenvalue weighted by Crippen LogP contribution is 2.50. The molecule has 4 aromatic carbocycles. The molecule has 9 rings (SSSR count). The molecule has 0 bridgehead atoms. The van der Waals surface area contributed by atoms with Gasteiger partial charge in [-0.15, -0.1) is 0 Å². The van der Waals surface area contributed by atoms with E-state index in [1.54, 1.807) is 82.1 Å². The van der Waals surface area contributed by atoms with Crippen LogP contribution in [0.1, 0.15) is 53.5 Å². The second kappa shape index (κ2) is 25.5. The summed E-state index contributed by atoms with van der Waals surface area (Å²) in [6.45, 7) is 11.0. The van der Waals surface area contributed by atoms with Crippen molar-refractivity contribution in [2.45, 2.75) is 75.1 Å². The Bertz CT molecular complexity index is 2740. The topological polar surface area (TPSA) is 166 Å². The lowest BCUT2D eigenvalue weighted by molar-refractivity contribution is -0.119. The molecule has 5 aliphatic rings. The van der Waals surface area contributed by atoms with Crippen molar-refractivity contribution in [3.63, 3.8) is 0 Å². The average Bonchev–Trinajstić information content (AvgIpc) is 3.94. The molecule has 4 saturated heterocycles. The van der Waals surface area contributed by atoms with E-state index in [2.05, 4.69) is 39.5 Å². The summed E-state index contributed by atoms with van der Waals surface area (Å²) in [7, 11) is 16.4. The third-order valence-corrected chi connectivity index (χ3v) is 16.5. The number of benzene rings is 4. The van der Waals surface area contributed by atoms with Gasteiger partial charge in [0.25, 0.3) is 0 Å². The smallest absolute Gasteiger partial charge is 0.325 e. The van der Waals surface area contributed by atoms with Crippen LogP contribution in [0, 0.1) is 0 Å². The van der Waals surface area contributed by atoms with E-state index in [1.807, 2.05) is 53.4 Å². The fourth-order valence-electron chi connectivity index (χ4n) is 12.3. The van der Waals surface area contributed by atoms with Crippen LogP contribution in [-0.2, 0) is 42.1 Å². The van der Waals surface area contributed by atoms with Crippen LogP contribution in [0.2, 0.25) is 0 Å². The van der Waals surface area contributed by atoms with Crippen LogP contribution < -0.4 is 37.9 Å². The summed E-state index contributed by atoms with van der Waals surface area (Å²) >= 11 is 0. The van der Waals surface area contributed by atoms with Crippen molar-refractivity contribution < 1.29 is 62.1 Å². The molecule has 19 nitrogen and oxygen atoms in total. The van der Waals surface area contributed by atoms with E-state index in [4.69, 9.17) is 47.4 Å². The minimum Gasteiger partial charge on any atom is -0.497 e. The van der Waals surface area contributed by atoms with E-state index < -0.39 is 11.3 Å². The molecule has 1 unspecified atom stereocenters. The van der Waals surface area contributed by atoms with E-state index in [0.29, 0.717) is 83.2 Å². The summed E-state index contributed by atoms with van der Waals surface area (Å²) in [6.07, 6.45) is 7.28. The molecule has 0 saturated carbocycles. The zero-order chi connectivity index (χ0) is 56.5. The van der Waals surface area contributed by atoms with Crippen LogP contribution >= 0.6 is 0 Å². The Kier molecular flexibility index (Phi) is 18.8. The molecule has 5 aliphatic heterocycles. The number of amides is 4. The lowest BCUT2D eigenvalue weighted by Gasteiger charge is -2.50. The maximum absolute atomic E-state index is 14.0. The van der Waals surface area contributed by atoms with E-state index in [9.17, 15) is 14.7 Å². The first-order chi connectivity index (χ1) is 38.2. The van der Waals surface area contributed by atoms with Crippen LogP contribution in [0.3, 0.4) is 0 Å². The van der Waals surface area contributed by atoms with Gasteiger partial charge in [-0.2, -0.15) is 0 Å². The Labute approximate surface area is 465 Å². The van der Waals surface area contributed by atoms with Gasteiger partial charge in [0, 0.05) is 102 Å². The van der Waals surface area contributed by atoms with Gasteiger partial charge in [-0.05, 0) is 103 Å². The number of fused-ring (bicyclic) bond motifs is 3. The number of methoxy groups -OCH3 is 10. The number of carbonyl (C=O) groups is 2. The molecule has 1 N–H and O–H groups in total. The number of piperidine rings is 2. The number of urea groups is 2. The largest absolute Gasteiger partial charge is 0.497 e. The fraction of sp³-hybridized carbons (Fsp3) is 0.500. The zero-order valence-electron chi connectivity index (χ0n) is 47.8. The van der Waals surface area contributed by atoms with Gasteiger partial charge in [0.1, 0.15) is 46.0 Å². The van der Waals surface area contributed by atoms with E-state index in [1.165, 1.54) is 11.0 Å². The summed E-state index contributed by atoms with van der Waals surface area (Å²) in [5.74, 6) is 5.79. The number of ether oxygens (including phenoxy) is 10. The van der Waals surface area contributed by atoms with E-state index in [0.717, 1.165) is 100 Å². The van der Waals surface area contributed by atoms with Crippen molar-refractivity contribution in [1.82, 2.24) is 29.4 Å². The van der Waals surface area contributed by atoms with Crippen LogP contribution in [0.25, 0.3) is 0 Å². The zero-order valence-corrected chi connectivity index (χ0v) is 47.8. The van der Waals surface area contributed by atoms with Crippen LogP contribution in [0.4, 0.5) is 9.59 Å². The molecule has 4 fully saturated rings. The first-order valence-electron chi connectivity index (χ1n) is 26.8. The van der Waals surface area contributed by atoms with E-state index in [-0.39, 0.29) is 24.1 Å². The Morgan fingerprint density at radius 1 is 0.519 bits per heavy atom. The lowest BCUT2D eigenvalue weighted by Crippen LogP contribution is -2.64. The van der Waals surface area contributed by atoms with Gasteiger partial charge in [-0.3, -0.25) is 19.6 Å². The van der Waals surface area contributed by atoms with Crippen molar-refractivity contribution in [3.8, 4) is 46.0 Å². The predicted molar refractivity (Wildman–Crippen MR) is 299 cm³/mol. The minimum atomic E-state index is -1.60. The summed E-state index contributed by atoms with van der Waals surface area (Å²) in [5.41, 5.74) is 3.43. The van der Waals surface area contributed by atoms with Gasteiger partial charge in [-0.25, -0.2) is 9.59 Å². The molecule has 2 spiro atoms. The molecule has 19 heteroatoms. The van der Waals surface area contributed by atoms with Crippen molar-refractivity contribution >= 4 is 12.1 Å². The summed E-state index contributed by atoms with van der Waals surface area (Å²) < 4.78 is 54.7. The standard InChI is InChI=1S/C30H41N3O7.C30H39N3O6/c1-7-30(35)29(8-10-31(11-9-29)20-22-14-24(37-3)18-25(15-22)38-4)32(12-13-36-2)28(34)33(30)21-23-16-26(39-5)19-27(17-23)40-6;1-35-13-12-33-29(34)32-20-22-16-25(38-4)18-27(39-5)26(22)6-7-28(32)30(33)8-10-31(11-9-30)19-21-14-23(36-2)17-24(15-21)37-3/h7,14-19,35H,1,8-13,20-21H2,2-6H3;7,14-18H,6,8-13,19-20H2,1-5H3. The SMILES string of the molecule is C=CC1(O)N(Cc2cc(OC)cc(OC)c2)C(=O)N(CCOC)C12CCN(Cc1cc(OC)cc(OC)c1)CC2.COCCN1C(=O)N2Cc3cc(OC)cc(OC)c3CC=C2C12CCN(Cc1cc(OC)cc(OC)c1)CC2. The highest BCUT2D eigenvalue weighted by molar-refractivity contribution is 5.83. The molecule has 4 amide bonds. The maximum atomic E-state index is 14.0. The quantitative estimate of drug-likeness (QED) is 0.0811. The van der Waals surface area contributed by atoms with Crippen molar-refractivity contribution in [3.05, 3.63) is 119 Å². The third-order valence-electron chi connectivity index (χ3n) is 16.5. The minimum absolute atomic E-state index is 0.0407. The number of rotatable bonds is 21. The number of hydrogen-bond acceptors (Lipinski definition) is 15. The Morgan fingerprint density at radius 3 is 1.38 bits per heavy atom. The molecular formula is C60H80N6O13. The monoisotopic (exact) mass is 1090 g/mol. The van der Waals surface area contributed by atoms with Gasteiger partial charge >= 0.3 is 12.1 Å². The molecule has 0 radical (unpaired) electrons. The first kappa shape index (κ1) is 58.3. The van der Waals surface area contributed by atoms with Crippen LogP contribution in [0.5, 0.6) is 46.0 Å². The number of carbonyl (C=O) groups excluding carboxylic acids is 2. The molecule has 428 valence electrons. The summed E-state index contributed by atoms with van der Waals surface area (Å²) in [5, 5.41) is 12.3. The lowest BCUT2D eigenvalue weighted by atomic mass is 9.77. The molecule has 79 heavy (non-hydrogen) atoms.